The Morgan fingerprint density at radius 3 is 2.52 bits per heavy atom. The van der Waals surface area contributed by atoms with Crippen molar-refractivity contribution in [2.75, 3.05) is 6.61 Å². The number of amides is 3. The fourth-order valence-electron chi connectivity index (χ4n) is 2.14. The van der Waals surface area contributed by atoms with Crippen LogP contribution in [0, 0.1) is 0 Å². The number of carbonyl (C=O) groups excluding carboxylic acids is 3. The van der Waals surface area contributed by atoms with Crippen molar-refractivity contribution in [3.05, 3.63) is 48.0 Å². The monoisotopic (exact) mass is 312 g/mol. The molecule has 0 heterocycles. The first-order chi connectivity index (χ1) is 11.1. The molecule has 3 amide bonds. The van der Waals surface area contributed by atoms with Crippen LogP contribution in [0.3, 0.4) is 0 Å². The number of fused-ring (bicyclic) bond motifs is 1. The molecule has 2 aromatic rings. The molecule has 3 rings (SSSR count). The maximum atomic E-state index is 12.0. The lowest BCUT2D eigenvalue weighted by atomic mass is 10.1. The molecule has 0 aliphatic heterocycles. The Bertz CT molecular complexity index is 768. The third kappa shape index (κ3) is 4.06. The molecule has 1 aliphatic carbocycles. The Balaban J connectivity index is 1.53. The number of urea groups is 1. The van der Waals surface area contributed by atoms with Gasteiger partial charge in [0, 0.05) is 6.04 Å². The van der Waals surface area contributed by atoms with Gasteiger partial charge in [-0.05, 0) is 35.7 Å². The summed E-state index contributed by atoms with van der Waals surface area (Å²) in [5.41, 5.74) is 0.360. The van der Waals surface area contributed by atoms with Crippen LogP contribution in [0.2, 0.25) is 0 Å². The van der Waals surface area contributed by atoms with E-state index in [0.29, 0.717) is 5.56 Å². The van der Waals surface area contributed by atoms with Crippen LogP contribution in [0.15, 0.2) is 42.5 Å². The Morgan fingerprint density at radius 2 is 1.78 bits per heavy atom. The quantitative estimate of drug-likeness (QED) is 0.846. The fraction of sp³-hybridized carbons (Fsp3) is 0.235. The molecule has 1 aliphatic rings. The number of hydrogen-bond acceptors (Lipinski definition) is 4. The standard InChI is InChI=1S/C17H16N2O4/c20-15(19-17(22)18-14-7-8-14)10-23-16(21)13-6-5-11-3-1-2-4-12(11)9-13/h1-6,9,14H,7-8,10H2,(H2,18,19,20,22). The fourth-order valence-corrected chi connectivity index (χ4v) is 2.14. The van der Waals surface area contributed by atoms with Crippen LogP contribution in [0.1, 0.15) is 23.2 Å². The second kappa shape index (κ2) is 6.48. The molecule has 0 unspecified atom stereocenters. The van der Waals surface area contributed by atoms with E-state index in [4.69, 9.17) is 4.74 Å². The zero-order chi connectivity index (χ0) is 16.2. The molecule has 2 aromatic carbocycles. The Labute approximate surface area is 132 Å². The van der Waals surface area contributed by atoms with E-state index in [-0.39, 0.29) is 6.04 Å². The molecule has 0 aromatic heterocycles. The van der Waals surface area contributed by atoms with Crippen LogP contribution >= 0.6 is 0 Å². The van der Waals surface area contributed by atoms with Crippen LogP contribution < -0.4 is 10.6 Å². The molecular formula is C17H16N2O4. The molecule has 0 bridgehead atoms. The lowest BCUT2D eigenvalue weighted by Gasteiger charge is -2.07. The number of ether oxygens (including phenoxy) is 1. The first kappa shape index (κ1) is 15.0. The minimum absolute atomic E-state index is 0.156. The molecule has 0 atom stereocenters. The van der Waals surface area contributed by atoms with Crippen molar-refractivity contribution in [2.45, 2.75) is 18.9 Å². The van der Waals surface area contributed by atoms with E-state index in [9.17, 15) is 14.4 Å². The zero-order valence-corrected chi connectivity index (χ0v) is 12.4. The van der Waals surface area contributed by atoms with E-state index in [0.717, 1.165) is 23.6 Å². The number of carbonyl (C=O) groups is 3. The molecule has 6 nitrogen and oxygen atoms in total. The third-order valence-corrected chi connectivity index (χ3v) is 3.49. The van der Waals surface area contributed by atoms with Gasteiger partial charge in [0.05, 0.1) is 5.56 Å². The van der Waals surface area contributed by atoms with Gasteiger partial charge in [0.25, 0.3) is 5.91 Å². The minimum atomic E-state index is -0.655. The van der Waals surface area contributed by atoms with Crippen molar-refractivity contribution in [1.29, 1.82) is 0 Å². The number of rotatable bonds is 4. The molecule has 0 saturated heterocycles. The van der Waals surface area contributed by atoms with Crippen LogP contribution in [-0.4, -0.2) is 30.6 Å². The highest BCUT2D eigenvalue weighted by atomic mass is 16.5. The summed E-state index contributed by atoms with van der Waals surface area (Å²) in [6.07, 6.45) is 1.86. The molecule has 1 saturated carbocycles. The third-order valence-electron chi connectivity index (χ3n) is 3.49. The second-order valence-corrected chi connectivity index (χ2v) is 5.43. The van der Waals surface area contributed by atoms with Gasteiger partial charge in [-0.3, -0.25) is 10.1 Å². The maximum Gasteiger partial charge on any atom is 0.338 e. The lowest BCUT2D eigenvalue weighted by Crippen LogP contribution is -2.42. The molecule has 0 spiro atoms. The van der Waals surface area contributed by atoms with Gasteiger partial charge in [0.15, 0.2) is 6.61 Å². The number of esters is 1. The van der Waals surface area contributed by atoms with Gasteiger partial charge >= 0.3 is 12.0 Å². The van der Waals surface area contributed by atoms with E-state index < -0.39 is 24.5 Å². The largest absolute Gasteiger partial charge is 0.452 e. The number of imide groups is 1. The van der Waals surface area contributed by atoms with Crippen molar-refractivity contribution in [3.63, 3.8) is 0 Å². The van der Waals surface area contributed by atoms with Crippen LogP contribution in [0.25, 0.3) is 10.8 Å². The Hall–Kier alpha value is -2.89. The van der Waals surface area contributed by atoms with Gasteiger partial charge < -0.3 is 10.1 Å². The minimum Gasteiger partial charge on any atom is -0.452 e. The molecule has 2 N–H and O–H groups in total. The van der Waals surface area contributed by atoms with E-state index in [1.54, 1.807) is 12.1 Å². The van der Waals surface area contributed by atoms with Crippen LogP contribution in [-0.2, 0) is 9.53 Å². The highest BCUT2D eigenvalue weighted by Crippen LogP contribution is 2.18. The molecule has 0 radical (unpaired) electrons. The van der Waals surface area contributed by atoms with Crippen molar-refractivity contribution >= 4 is 28.7 Å². The van der Waals surface area contributed by atoms with E-state index in [1.807, 2.05) is 30.3 Å². The lowest BCUT2D eigenvalue weighted by molar-refractivity contribution is -0.123. The van der Waals surface area contributed by atoms with Crippen LogP contribution in [0.5, 0.6) is 0 Å². The first-order valence-corrected chi connectivity index (χ1v) is 7.38. The Kier molecular flexibility index (Phi) is 4.23. The number of nitrogens with one attached hydrogen (secondary N) is 2. The summed E-state index contributed by atoms with van der Waals surface area (Å²) < 4.78 is 4.93. The Morgan fingerprint density at radius 1 is 1.04 bits per heavy atom. The molecule has 23 heavy (non-hydrogen) atoms. The molecular weight excluding hydrogens is 296 g/mol. The summed E-state index contributed by atoms with van der Waals surface area (Å²) >= 11 is 0. The predicted octanol–water partition coefficient (Wildman–Crippen LogP) is 1.98. The van der Waals surface area contributed by atoms with Crippen molar-refractivity contribution < 1.29 is 19.1 Å². The van der Waals surface area contributed by atoms with E-state index in [1.165, 1.54) is 0 Å². The normalized spacial score (nSPS) is 13.4. The highest BCUT2D eigenvalue weighted by molar-refractivity contribution is 5.98. The predicted molar refractivity (Wildman–Crippen MR) is 83.9 cm³/mol. The smallest absolute Gasteiger partial charge is 0.338 e. The van der Waals surface area contributed by atoms with Gasteiger partial charge in [-0.25, -0.2) is 9.59 Å². The van der Waals surface area contributed by atoms with Gasteiger partial charge in [-0.1, -0.05) is 30.3 Å². The molecule has 1 fully saturated rings. The second-order valence-electron chi connectivity index (χ2n) is 5.43. The maximum absolute atomic E-state index is 12.0. The highest BCUT2D eigenvalue weighted by Gasteiger charge is 2.24. The zero-order valence-electron chi connectivity index (χ0n) is 12.4. The first-order valence-electron chi connectivity index (χ1n) is 7.38. The van der Waals surface area contributed by atoms with Crippen LogP contribution in [0.4, 0.5) is 4.79 Å². The van der Waals surface area contributed by atoms with Crippen molar-refractivity contribution in [2.24, 2.45) is 0 Å². The summed E-state index contributed by atoms with van der Waals surface area (Å²) in [6.45, 7) is -0.496. The van der Waals surface area contributed by atoms with E-state index >= 15 is 0 Å². The van der Waals surface area contributed by atoms with Gasteiger partial charge in [0.2, 0.25) is 0 Å². The topological polar surface area (TPSA) is 84.5 Å². The summed E-state index contributed by atoms with van der Waals surface area (Å²) in [4.78, 5) is 34.9. The summed E-state index contributed by atoms with van der Waals surface area (Å²) in [5.74, 6) is -1.26. The summed E-state index contributed by atoms with van der Waals surface area (Å²) in [6, 6.07) is 12.4. The molecule has 118 valence electrons. The van der Waals surface area contributed by atoms with Crippen molar-refractivity contribution in [3.8, 4) is 0 Å². The van der Waals surface area contributed by atoms with Crippen molar-refractivity contribution in [1.82, 2.24) is 10.6 Å². The number of hydrogen-bond donors (Lipinski definition) is 2. The van der Waals surface area contributed by atoms with Gasteiger partial charge in [-0.15, -0.1) is 0 Å². The number of benzene rings is 2. The van der Waals surface area contributed by atoms with E-state index in [2.05, 4.69) is 10.6 Å². The average molecular weight is 312 g/mol. The summed E-state index contributed by atoms with van der Waals surface area (Å²) in [5, 5.41) is 6.66. The van der Waals surface area contributed by atoms with Gasteiger partial charge in [0.1, 0.15) is 0 Å². The van der Waals surface area contributed by atoms with Gasteiger partial charge in [-0.2, -0.15) is 0 Å². The molecule has 6 heteroatoms. The summed E-state index contributed by atoms with van der Waals surface area (Å²) in [7, 11) is 0. The SMILES string of the molecule is O=C(COC(=O)c1ccc2ccccc2c1)NC(=O)NC1CC1. The average Bonchev–Trinajstić information content (AvgIpc) is 3.35.